The van der Waals surface area contributed by atoms with Gasteiger partial charge in [0.15, 0.2) is 5.76 Å². The Morgan fingerprint density at radius 3 is 2.61 bits per heavy atom. The molecule has 0 aromatic carbocycles. The van der Waals surface area contributed by atoms with Crippen LogP contribution in [0.4, 0.5) is 0 Å². The molecule has 1 heterocycles. The minimum Gasteiger partial charge on any atom is -0.455 e. The van der Waals surface area contributed by atoms with Gasteiger partial charge in [-0.05, 0) is 25.7 Å². The van der Waals surface area contributed by atoms with Crippen LogP contribution in [0.3, 0.4) is 0 Å². The summed E-state index contributed by atoms with van der Waals surface area (Å²) in [6.07, 6.45) is 2.27. The van der Waals surface area contributed by atoms with Gasteiger partial charge in [-0.3, -0.25) is 4.79 Å². The van der Waals surface area contributed by atoms with E-state index in [1.807, 2.05) is 0 Å². The van der Waals surface area contributed by atoms with E-state index in [1.165, 1.54) is 13.0 Å². The van der Waals surface area contributed by atoms with Gasteiger partial charge in [0.2, 0.25) is 10.0 Å². The highest BCUT2D eigenvalue weighted by atomic mass is 32.2. The average molecular weight is 272 g/mol. The molecule has 1 fully saturated rings. The van der Waals surface area contributed by atoms with Gasteiger partial charge in [-0.2, -0.15) is 0 Å². The standard InChI is InChI=1S/C11H16N2O4S/c1-7-10(18(12,15)16)5-9(17-7)11(14)13(2)6-8-3-4-8/h5,8H,3-4,6H2,1-2H3,(H2,12,15,16). The maximum atomic E-state index is 12.0. The molecule has 1 saturated carbocycles. The average Bonchev–Trinajstić information content (AvgIpc) is 2.96. The van der Waals surface area contributed by atoms with Crippen molar-refractivity contribution < 1.29 is 17.6 Å². The van der Waals surface area contributed by atoms with Gasteiger partial charge in [-0.15, -0.1) is 0 Å². The van der Waals surface area contributed by atoms with Gasteiger partial charge in [0.25, 0.3) is 5.91 Å². The summed E-state index contributed by atoms with van der Waals surface area (Å²) in [5.41, 5.74) is 0. The second kappa shape index (κ2) is 4.40. The van der Waals surface area contributed by atoms with Crippen LogP contribution >= 0.6 is 0 Å². The number of furan rings is 1. The number of primary sulfonamides is 1. The first-order valence-corrected chi connectivity index (χ1v) is 7.22. The van der Waals surface area contributed by atoms with E-state index in [4.69, 9.17) is 9.56 Å². The van der Waals surface area contributed by atoms with Crippen LogP contribution in [0.15, 0.2) is 15.4 Å². The number of nitrogens with two attached hydrogens (primary N) is 1. The van der Waals surface area contributed by atoms with Crippen LogP contribution in [0.1, 0.15) is 29.2 Å². The van der Waals surface area contributed by atoms with Gasteiger partial charge < -0.3 is 9.32 Å². The van der Waals surface area contributed by atoms with Gasteiger partial charge in [0.05, 0.1) is 0 Å². The van der Waals surface area contributed by atoms with Gasteiger partial charge in [0, 0.05) is 19.7 Å². The number of aryl methyl sites for hydroxylation is 1. The summed E-state index contributed by atoms with van der Waals surface area (Å²) >= 11 is 0. The van der Waals surface area contributed by atoms with E-state index in [-0.39, 0.29) is 22.3 Å². The van der Waals surface area contributed by atoms with Crippen molar-refractivity contribution in [3.05, 3.63) is 17.6 Å². The van der Waals surface area contributed by atoms with E-state index in [9.17, 15) is 13.2 Å². The van der Waals surface area contributed by atoms with Crippen molar-refractivity contribution in [1.29, 1.82) is 0 Å². The lowest BCUT2D eigenvalue weighted by Crippen LogP contribution is -2.28. The maximum Gasteiger partial charge on any atom is 0.289 e. The van der Waals surface area contributed by atoms with Crippen molar-refractivity contribution in [2.45, 2.75) is 24.7 Å². The summed E-state index contributed by atoms with van der Waals surface area (Å²) in [6.45, 7) is 2.14. The zero-order valence-corrected chi connectivity index (χ0v) is 11.2. The number of nitrogens with zero attached hydrogens (tertiary/aromatic N) is 1. The zero-order chi connectivity index (χ0) is 13.5. The molecule has 6 nitrogen and oxygen atoms in total. The fourth-order valence-electron chi connectivity index (χ4n) is 1.81. The van der Waals surface area contributed by atoms with Crippen molar-refractivity contribution in [1.82, 2.24) is 4.90 Å². The molecule has 1 aromatic rings. The van der Waals surface area contributed by atoms with Gasteiger partial charge in [-0.1, -0.05) is 0 Å². The zero-order valence-electron chi connectivity index (χ0n) is 10.3. The second-order valence-corrected chi connectivity index (χ2v) is 6.23. The highest BCUT2D eigenvalue weighted by Gasteiger charge is 2.28. The summed E-state index contributed by atoms with van der Waals surface area (Å²) in [5.74, 6) is 0.396. The van der Waals surface area contributed by atoms with E-state index >= 15 is 0 Å². The quantitative estimate of drug-likeness (QED) is 0.873. The van der Waals surface area contributed by atoms with E-state index < -0.39 is 10.0 Å². The first-order chi connectivity index (χ1) is 8.29. The molecule has 7 heteroatoms. The van der Waals surface area contributed by atoms with Crippen molar-refractivity contribution >= 4 is 15.9 Å². The molecule has 2 rings (SSSR count). The van der Waals surface area contributed by atoms with Crippen LogP contribution in [0.5, 0.6) is 0 Å². The van der Waals surface area contributed by atoms with Crippen molar-refractivity contribution in [2.24, 2.45) is 11.1 Å². The highest BCUT2D eigenvalue weighted by Crippen LogP contribution is 2.30. The minimum atomic E-state index is -3.85. The number of hydrogen-bond acceptors (Lipinski definition) is 4. The molecule has 2 N–H and O–H groups in total. The Kier molecular flexibility index (Phi) is 3.20. The second-order valence-electron chi connectivity index (χ2n) is 4.71. The van der Waals surface area contributed by atoms with Crippen molar-refractivity contribution in [3.8, 4) is 0 Å². The predicted molar refractivity (Wildman–Crippen MR) is 64.5 cm³/mol. The molecule has 1 amide bonds. The fraction of sp³-hybridized carbons (Fsp3) is 0.545. The van der Waals surface area contributed by atoms with E-state index in [2.05, 4.69) is 0 Å². The first-order valence-electron chi connectivity index (χ1n) is 5.67. The smallest absolute Gasteiger partial charge is 0.289 e. The van der Waals surface area contributed by atoms with Crippen LogP contribution in [-0.2, 0) is 10.0 Å². The Bertz CT molecular complexity index is 572. The molecule has 0 radical (unpaired) electrons. The summed E-state index contributed by atoms with van der Waals surface area (Å²) in [5, 5.41) is 5.03. The Balaban J connectivity index is 2.20. The lowest BCUT2D eigenvalue weighted by molar-refractivity contribution is 0.0756. The molecule has 0 bridgehead atoms. The molecular weight excluding hydrogens is 256 g/mol. The number of hydrogen-bond donors (Lipinski definition) is 1. The number of sulfonamides is 1. The number of carbonyl (C=O) groups excluding carboxylic acids is 1. The predicted octanol–water partition coefficient (Wildman–Crippen LogP) is 0.717. The SMILES string of the molecule is Cc1oc(C(=O)N(C)CC2CC2)cc1S(N)(=O)=O. The van der Waals surface area contributed by atoms with Crippen molar-refractivity contribution in [3.63, 3.8) is 0 Å². The molecule has 100 valence electrons. The summed E-state index contributed by atoms with van der Waals surface area (Å²) < 4.78 is 27.7. The molecule has 0 spiro atoms. The maximum absolute atomic E-state index is 12.0. The van der Waals surface area contributed by atoms with E-state index in [1.54, 1.807) is 11.9 Å². The largest absolute Gasteiger partial charge is 0.455 e. The summed E-state index contributed by atoms with van der Waals surface area (Å²) in [4.78, 5) is 13.4. The third-order valence-corrected chi connectivity index (χ3v) is 3.98. The van der Waals surface area contributed by atoms with Crippen LogP contribution < -0.4 is 5.14 Å². The molecular formula is C11H16N2O4S. The van der Waals surface area contributed by atoms with Crippen molar-refractivity contribution in [2.75, 3.05) is 13.6 Å². The number of amides is 1. The van der Waals surface area contributed by atoms with Crippen LogP contribution in [-0.4, -0.2) is 32.8 Å². The lowest BCUT2D eigenvalue weighted by Gasteiger charge is -2.14. The van der Waals surface area contributed by atoms with Gasteiger partial charge in [-0.25, -0.2) is 13.6 Å². The molecule has 1 aromatic heterocycles. The molecule has 18 heavy (non-hydrogen) atoms. The van der Waals surface area contributed by atoms with E-state index in [0.29, 0.717) is 12.5 Å². The van der Waals surface area contributed by atoms with E-state index in [0.717, 1.165) is 12.8 Å². The third kappa shape index (κ3) is 2.73. The fourth-order valence-corrected chi connectivity index (χ4v) is 2.53. The van der Waals surface area contributed by atoms with Crippen LogP contribution in [0.2, 0.25) is 0 Å². The number of rotatable bonds is 4. The monoisotopic (exact) mass is 272 g/mol. The highest BCUT2D eigenvalue weighted by molar-refractivity contribution is 7.89. The molecule has 1 aliphatic carbocycles. The first kappa shape index (κ1) is 13.1. The number of carbonyl (C=O) groups is 1. The van der Waals surface area contributed by atoms with Crippen LogP contribution in [0, 0.1) is 12.8 Å². The Labute approximate surface area is 106 Å². The lowest BCUT2D eigenvalue weighted by atomic mass is 10.3. The Morgan fingerprint density at radius 1 is 1.56 bits per heavy atom. The molecule has 0 saturated heterocycles. The van der Waals surface area contributed by atoms with Gasteiger partial charge in [0.1, 0.15) is 10.7 Å². The molecule has 1 aliphatic rings. The molecule has 0 atom stereocenters. The third-order valence-electron chi connectivity index (χ3n) is 2.97. The normalized spacial score (nSPS) is 15.7. The minimum absolute atomic E-state index is 0.0136. The topological polar surface area (TPSA) is 93.6 Å². The molecule has 0 aliphatic heterocycles. The summed E-state index contributed by atoms with van der Waals surface area (Å²) in [6, 6.07) is 1.19. The summed E-state index contributed by atoms with van der Waals surface area (Å²) in [7, 11) is -2.17. The van der Waals surface area contributed by atoms with Gasteiger partial charge >= 0.3 is 0 Å². The molecule has 0 unspecified atom stereocenters. The van der Waals surface area contributed by atoms with Crippen LogP contribution in [0.25, 0.3) is 0 Å². The Morgan fingerprint density at radius 2 is 2.17 bits per heavy atom. The Hall–Kier alpha value is -1.34.